The number of halogens is 4. The van der Waals surface area contributed by atoms with Gasteiger partial charge in [-0.2, -0.15) is 18.3 Å². The summed E-state index contributed by atoms with van der Waals surface area (Å²) in [6.07, 6.45) is -1.66. The Morgan fingerprint density at radius 2 is 2.10 bits per heavy atom. The molecule has 2 aromatic carbocycles. The molecule has 2 heterocycles. The van der Waals surface area contributed by atoms with Crippen LogP contribution < -0.4 is 0 Å². The van der Waals surface area contributed by atoms with Crippen molar-refractivity contribution in [2.75, 3.05) is 46.4 Å². The summed E-state index contributed by atoms with van der Waals surface area (Å²) in [6, 6.07) is 8.82. The number of aliphatic hydroxyl groups is 1. The standard InChI is InChI=1S/C27H28ClF3N4O4S/c1-33(15-22-16-34(6-8-36)7-9-39-22)26(38)25(40-17-37)11-18-2-5-24-20(10-18)13-32-35(24)14-19-3-4-21(28)12-23(19)27(29,30)31/h2-5,10-13,17,22,36H,6-9,14-16H2,1H3/b25-11-/t22-/m1/s1. The lowest BCUT2D eigenvalue weighted by molar-refractivity contribution is -0.138. The second kappa shape index (κ2) is 13.2. The Hall–Kier alpha value is -2.90. The molecule has 0 aliphatic carbocycles. The topological polar surface area (TPSA) is 87.9 Å². The van der Waals surface area contributed by atoms with Crippen LogP contribution in [0, 0.1) is 0 Å². The van der Waals surface area contributed by atoms with E-state index in [1.165, 1.54) is 27.9 Å². The molecule has 0 bridgehead atoms. The van der Waals surface area contributed by atoms with E-state index in [0.717, 1.165) is 17.8 Å². The molecule has 8 nitrogen and oxygen atoms in total. The third-order valence-corrected chi connectivity index (χ3v) is 7.39. The van der Waals surface area contributed by atoms with Gasteiger partial charge >= 0.3 is 6.18 Å². The van der Waals surface area contributed by atoms with Gasteiger partial charge < -0.3 is 14.7 Å². The van der Waals surface area contributed by atoms with Gasteiger partial charge in [-0.15, -0.1) is 0 Å². The number of ether oxygens (including phenoxy) is 1. The molecule has 40 heavy (non-hydrogen) atoms. The van der Waals surface area contributed by atoms with Gasteiger partial charge in [0.05, 0.1) is 48.0 Å². The van der Waals surface area contributed by atoms with Crippen LogP contribution >= 0.6 is 23.4 Å². The maximum atomic E-state index is 13.5. The van der Waals surface area contributed by atoms with Gasteiger partial charge in [0.2, 0.25) is 0 Å². The summed E-state index contributed by atoms with van der Waals surface area (Å²) in [5, 5.41) is 14.1. The van der Waals surface area contributed by atoms with E-state index in [4.69, 9.17) is 16.3 Å². The fraction of sp³-hybridized carbons (Fsp3) is 0.370. The number of aromatic nitrogens is 2. The Morgan fingerprint density at radius 1 is 1.30 bits per heavy atom. The van der Waals surface area contributed by atoms with Crippen molar-refractivity contribution in [3.63, 3.8) is 0 Å². The summed E-state index contributed by atoms with van der Waals surface area (Å²) in [7, 11) is 1.63. The lowest BCUT2D eigenvalue weighted by Gasteiger charge is -2.34. The van der Waals surface area contributed by atoms with Crippen LogP contribution in [0.3, 0.4) is 0 Å². The van der Waals surface area contributed by atoms with Crippen molar-refractivity contribution in [2.45, 2.75) is 18.8 Å². The van der Waals surface area contributed by atoms with Crippen molar-refractivity contribution >= 4 is 51.9 Å². The van der Waals surface area contributed by atoms with Crippen molar-refractivity contribution in [3.8, 4) is 0 Å². The first-order valence-corrected chi connectivity index (χ1v) is 13.7. The highest BCUT2D eigenvalue weighted by Crippen LogP contribution is 2.34. The van der Waals surface area contributed by atoms with E-state index in [9.17, 15) is 27.9 Å². The third kappa shape index (κ3) is 7.43. The maximum absolute atomic E-state index is 13.5. The molecule has 1 amide bonds. The monoisotopic (exact) mass is 596 g/mol. The number of fused-ring (bicyclic) bond motifs is 1. The van der Waals surface area contributed by atoms with Gasteiger partial charge in [-0.1, -0.05) is 23.7 Å². The van der Waals surface area contributed by atoms with Crippen molar-refractivity contribution in [3.05, 3.63) is 69.2 Å². The zero-order valence-electron chi connectivity index (χ0n) is 21.6. The second-order valence-corrected chi connectivity index (χ2v) is 10.6. The second-order valence-electron chi connectivity index (χ2n) is 9.35. The number of rotatable bonds is 10. The molecule has 3 aromatic rings. The normalized spacial score (nSPS) is 16.9. The van der Waals surface area contributed by atoms with Crippen molar-refractivity contribution < 1.29 is 32.6 Å². The number of alkyl halides is 3. The van der Waals surface area contributed by atoms with Crippen LogP contribution in [0.1, 0.15) is 16.7 Å². The Bertz CT molecular complexity index is 1400. The molecule has 1 aliphatic heterocycles. The summed E-state index contributed by atoms with van der Waals surface area (Å²) in [6.45, 7) is 2.58. The molecule has 1 saturated heterocycles. The zero-order valence-corrected chi connectivity index (χ0v) is 23.2. The minimum atomic E-state index is -4.56. The Labute approximate surface area is 238 Å². The number of hydrogen-bond acceptors (Lipinski definition) is 7. The van der Waals surface area contributed by atoms with Crippen LogP contribution in [0.5, 0.6) is 0 Å². The fourth-order valence-electron chi connectivity index (χ4n) is 4.59. The minimum absolute atomic E-state index is 0.00282. The fourth-order valence-corrected chi connectivity index (χ4v) is 5.33. The van der Waals surface area contributed by atoms with Crippen molar-refractivity contribution in [1.29, 1.82) is 0 Å². The number of aliphatic hydroxyl groups excluding tert-OH is 1. The highest BCUT2D eigenvalue weighted by atomic mass is 35.5. The van der Waals surface area contributed by atoms with E-state index >= 15 is 0 Å². The van der Waals surface area contributed by atoms with Gasteiger partial charge in [-0.25, -0.2) is 0 Å². The summed E-state index contributed by atoms with van der Waals surface area (Å²) in [5.41, 5.74) is 1.03. The first kappa shape index (κ1) is 30.1. The highest BCUT2D eigenvalue weighted by molar-refractivity contribution is 8.16. The predicted octanol–water partition coefficient (Wildman–Crippen LogP) is 4.17. The molecule has 214 valence electrons. The number of β-amino-alcohol motifs (C(OH)–C–C–N with tert-alkyl or cyclic N) is 1. The Morgan fingerprint density at radius 3 is 2.83 bits per heavy atom. The predicted molar refractivity (Wildman–Crippen MR) is 149 cm³/mol. The number of carbonyl (C=O) groups excluding carboxylic acids is 2. The summed E-state index contributed by atoms with van der Waals surface area (Å²) < 4.78 is 47.8. The number of benzene rings is 2. The molecule has 1 aliphatic rings. The van der Waals surface area contributed by atoms with Crippen molar-refractivity contribution in [1.82, 2.24) is 19.6 Å². The molecule has 1 fully saturated rings. The molecule has 0 saturated carbocycles. The van der Waals surface area contributed by atoms with E-state index in [-0.39, 0.29) is 40.7 Å². The summed E-state index contributed by atoms with van der Waals surface area (Å²) >= 11 is 6.56. The number of hydrogen-bond donors (Lipinski definition) is 1. The van der Waals surface area contributed by atoms with Crippen LogP contribution in [-0.2, 0) is 27.0 Å². The van der Waals surface area contributed by atoms with Crippen LogP contribution in [0.4, 0.5) is 13.2 Å². The van der Waals surface area contributed by atoms with E-state index in [2.05, 4.69) is 10.00 Å². The van der Waals surface area contributed by atoms with E-state index in [1.54, 1.807) is 31.3 Å². The first-order chi connectivity index (χ1) is 19.1. The summed E-state index contributed by atoms with van der Waals surface area (Å²) in [5.74, 6) is -0.349. The molecule has 0 unspecified atom stereocenters. The molecule has 1 N–H and O–H groups in total. The molecular weight excluding hydrogens is 569 g/mol. The number of likely N-dealkylation sites (N-methyl/N-ethyl adjacent to an activating group) is 1. The molecule has 4 rings (SSSR count). The average Bonchev–Trinajstić information content (AvgIpc) is 3.30. The number of thioether (sulfide) groups is 1. The van der Waals surface area contributed by atoms with Crippen LogP contribution in [0.2, 0.25) is 5.02 Å². The van der Waals surface area contributed by atoms with Crippen LogP contribution in [0.25, 0.3) is 17.0 Å². The van der Waals surface area contributed by atoms with E-state index < -0.39 is 11.7 Å². The van der Waals surface area contributed by atoms with Gasteiger partial charge in [0.25, 0.3) is 5.91 Å². The van der Waals surface area contributed by atoms with Gasteiger partial charge in [0.1, 0.15) is 0 Å². The highest BCUT2D eigenvalue weighted by Gasteiger charge is 2.33. The number of morpholine rings is 1. The van der Waals surface area contributed by atoms with Gasteiger partial charge in [-0.05, 0) is 53.2 Å². The van der Waals surface area contributed by atoms with Crippen molar-refractivity contribution in [2.24, 2.45) is 0 Å². The maximum Gasteiger partial charge on any atom is 0.416 e. The zero-order chi connectivity index (χ0) is 28.9. The first-order valence-electron chi connectivity index (χ1n) is 12.4. The molecular formula is C27H28ClF3N4O4S. The van der Waals surface area contributed by atoms with E-state index in [0.29, 0.717) is 54.9 Å². The van der Waals surface area contributed by atoms with Crippen LogP contribution in [-0.4, -0.2) is 88.8 Å². The average molecular weight is 597 g/mol. The molecule has 1 aromatic heterocycles. The Balaban J connectivity index is 1.52. The summed E-state index contributed by atoms with van der Waals surface area (Å²) in [4.78, 5) is 28.3. The number of amides is 1. The number of carbonyl (C=O) groups is 2. The number of nitrogens with zero attached hydrogens (tertiary/aromatic N) is 4. The quantitative estimate of drug-likeness (QED) is 0.278. The molecule has 0 spiro atoms. The Kier molecular flexibility index (Phi) is 9.90. The molecule has 0 radical (unpaired) electrons. The molecule has 13 heteroatoms. The van der Waals surface area contributed by atoms with Gasteiger partial charge in [0, 0.05) is 43.6 Å². The van der Waals surface area contributed by atoms with Gasteiger partial charge in [0.15, 0.2) is 5.62 Å². The van der Waals surface area contributed by atoms with E-state index in [1.807, 2.05) is 0 Å². The lowest BCUT2D eigenvalue weighted by Crippen LogP contribution is -2.48. The SMILES string of the molecule is CN(C[C@@H]1CN(CCO)CCO1)C(=O)/C(=C/c1ccc2c(cnn2Cc2ccc(Cl)cc2C(F)(F)F)c1)SC=O. The van der Waals surface area contributed by atoms with Crippen LogP contribution in [0.15, 0.2) is 47.5 Å². The molecule has 1 atom stereocenters. The van der Waals surface area contributed by atoms with Gasteiger partial charge in [-0.3, -0.25) is 19.2 Å². The third-order valence-electron chi connectivity index (χ3n) is 6.51. The minimum Gasteiger partial charge on any atom is -0.395 e. The smallest absolute Gasteiger partial charge is 0.395 e. The lowest BCUT2D eigenvalue weighted by atomic mass is 10.1. The largest absolute Gasteiger partial charge is 0.416 e.